The standard InChI is InChI=1S/C8H6F2N2O3/c1-4-6(7(9)10)5(3-13)2-11-8(4)12(14)15/h2-3,7H,1H3. The van der Waals surface area contributed by atoms with E-state index in [9.17, 15) is 23.7 Å². The van der Waals surface area contributed by atoms with Gasteiger partial charge in [-0.1, -0.05) is 0 Å². The van der Waals surface area contributed by atoms with Crippen molar-refractivity contribution in [3.63, 3.8) is 0 Å². The van der Waals surface area contributed by atoms with Gasteiger partial charge in [0.2, 0.25) is 0 Å². The summed E-state index contributed by atoms with van der Waals surface area (Å²) in [6.07, 6.45) is -1.96. The highest BCUT2D eigenvalue weighted by Gasteiger charge is 2.24. The molecule has 0 unspecified atom stereocenters. The van der Waals surface area contributed by atoms with Gasteiger partial charge >= 0.3 is 5.82 Å². The van der Waals surface area contributed by atoms with E-state index in [4.69, 9.17) is 0 Å². The highest BCUT2D eigenvalue weighted by Crippen LogP contribution is 2.29. The fourth-order valence-electron chi connectivity index (χ4n) is 1.20. The Morgan fingerprint density at radius 2 is 2.20 bits per heavy atom. The molecule has 0 saturated carbocycles. The van der Waals surface area contributed by atoms with E-state index >= 15 is 0 Å². The van der Waals surface area contributed by atoms with Crippen molar-refractivity contribution >= 4 is 12.1 Å². The van der Waals surface area contributed by atoms with Crippen molar-refractivity contribution in [1.82, 2.24) is 4.98 Å². The number of aromatic nitrogens is 1. The minimum atomic E-state index is -2.94. The molecule has 0 aliphatic rings. The Bertz CT molecular complexity index is 421. The minimum absolute atomic E-state index is 0.200. The van der Waals surface area contributed by atoms with Crippen molar-refractivity contribution in [3.8, 4) is 0 Å². The molecule has 5 nitrogen and oxygen atoms in total. The maximum atomic E-state index is 12.5. The maximum Gasteiger partial charge on any atom is 0.366 e. The maximum absolute atomic E-state index is 12.5. The van der Waals surface area contributed by atoms with Gasteiger partial charge in [-0.15, -0.1) is 0 Å². The summed E-state index contributed by atoms with van der Waals surface area (Å²) in [5.74, 6) is -0.657. The second kappa shape index (κ2) is 4.07. The van der Waals surface area contributed by atoms with Gasteiger partial charge in [-0.3, -0.25) is 4.79 Å². The summed E-state index contributed by atoms with van der Waals surface area (Å²) < 4.78 is 25.0. The van der Waals surface area contributed by atoms with Crippen LogP contribution in [0.4, 0.5) is 14.6 Å². The van der Waals surface area contributed by atoms with Gasteiger partial charge < -0.3 is 10.1 Å². The van der Waals surface area contributed by atoms with E-state index in [1.54, 1.807) is 0 Å². The van der Waals surface area contributed by atoms with Crippen LogP contribution in [-0.2, 0) is 0 Å². The number of alkyl halides is 2. The number of aldehydes is 1. The molecule has 15 heavy (non-hydrogen) atoms. The summed E-state index contributed by atoms with van der Waals surface area (Å²) in [7, 11) is 0. The lowest BCUT2D eigenvalue weighted by atomic mass is 10.1. The first-order chi connectivity index (χ1) is 6.99. The second-order valence-electron chi connectivity index (χ2n) is 2.75. The van der Waals surface area contributed by atoms with Crippen LogP contribution in [-0.4, -0.2) is 16.2 Å². The third kappa shape index (κ3) is 1.95. The van der Waals surface area contributed by atoms with Crippen LogP contribution in [0.15, 0.2) is 6.20 Å². The molecule has 0 aliphatic carbocycles. The molecule has 80 valence electrons. The summed E-state index contributed by atoms with van der Waals surface area (Å²) in [4.78, 5) is 23.3. The molecule has 0 atom stereocenters. The highest BCUT2D eigenvalue weighted by molar-refractivity contribution is 5.78. The number of hydrogen-bond donors (Lipinski definition) is 0. The Hall–Kier alpha value is -1.92. The van der Waals surface area contributed by atoms with Crippen molar-refractivity contribution in [2.75, 3.05) is 0 Å². The van der Waals surface area contributed by atoms with Crippen LogP contribution in [0, 0.1) is 17.0 Å². The number of halogens is 2. The summed E-state index contributed by atoms with van der Waals surface area (Å²) in [5.41, 5.74) is -1.24. The third-order valence-electron chi connectivity index (χ3n) is 1.89. The van der Waals surface area contributed by atoms with E-state index in [0.717, 1.165) is 13.1 Å². The zero-order valence-electron chi connectivity index (χ0n) is 7.61. The zero-order chi connectivity index (χ0) is 11.6. The number of rotatable bonds is 3. The minimum Gasteiger partial charge on any atom is -0.358 e. The second-order valence-corrected chi connectivity index (χ2v) is 2.75. The van der Waals surface area contributed by atoms with Gasteiger partial charge in [-0.05, 0) is 16.8 Å². The molecule has 0 spiro atoms. The van der Waals surface area contributed by atoms with E-state index in [2.05, 4.69) is 4.98 Å². The van der Waals surface area contributed by atoms with Crippen molar-refractivity contribution in [3.05, 3.63) is 33.0 Å². The summed E-state index contributed by atoms with van der Waals surface area (Å²) >= 11 is 0. The zero-order valence-corrected chi connectivity index (χ0v) is 7.61. The molecule has 0 amide bonds. The van der Waals surface area contributed by atoms with E-state index < -0.39 is 22.7 Å². The lowest BCUT2D eigenvalue weighted by Gasteiger charge is -2.05. The van der Waals surface area contributed by atoms with E-state index in [0.29, 0.717) is 0 Å². The molecule has 0 fully saturated rings. The van der Waals surface area contributed by atoms with E-state index in [-0.39, 0.29) is 17.4 Å². The monoisotopic (exact) mass is 216 g/mol. The molecule has 7 heteroatoms. The molecule has 0 radical (unpaired) electrons. The van der Waals surface area contributed by atoms with Gasteiger partial charge in [0.25, 0.3) is 6.43 Å². The van der Waals surface area contributed by atoms with Crippen molar-refractivity contribution < 1.29 is 18.5 Å². The molecule has 1 rings (SSSR count). The molecule has 0 bridgehead atoms. The van der Waals surface area contributed by atoms with E-state index in [1.165, 1.54) is 0 Å². The summed E-state index contributed by atoms with van der Waals surface area (Å²) in [6, 6.07) is 0. The molecular formula is C8H6F2N2O3. The Labute approximate surface area is 82.9 Å². The Morgan fingerprint density at radius 1 is 1.60 bits per heavy atom. The van der Waals surface area contributed by atoms with Crippen LogP contribution in [0.1, 0.15) is 27.9 Å². The largest absolute Gasteiger partial charge is 0.366 e. The number of nitrogens with zero attached hydrogens (tertiary/aromatic N) is 2. The van der Waals surface area contributed by atoms with Crippen molar-refractivity contribution in [1.29, 1.82) is 0 Å². The fourth-order valence-corrected chi connectivity index (χ4v) is 1.20. The first-order valence-corrected chi connectivity index (χ1v) is 3.86. The van der Waals surface area contributed by atoms with Crippen LogP contribution in [0.2, 0.25) is 0 Å². The average molecular weight is 216 g/mol. The van der Waals surface area contributed by atoms with E-state index in [1.807, 2.05) is 0 Å². The normalized spacial score (nSPS) is 10.4. The van der Waals surface area contributed by atoms with Gasteiger partial charge in [0.1, 0.15) is 0 Å². The van der Waals surface area contributed by atoms with Gasteiger partial charge in [0.05, 0.1) is 11.1 Å². The fraction of sp³-hybridized carbons (Fsp3) is 0.250. The molecule has 0 saturated heterocycles. The predicted molar refractivity (Wildman–Crippen MR) is 46.0 cm³/mol. The Kier molecular flexibility index (Phi) is 3.03. The van der Waals surface area contributed by atoms with Crippen molar-refractivity contribution in [2.24, 2.45) is 0 Å². The Morgan fingerprint density at radius 3 is 2.60 bits per heavy atom. The quantitative estimate of drug-likeness (QED) is 0.440. The molecule has 0 N–H and O–H groups in total. The van der Waals surface area contributed by atoms with Gasteiger partial charge in [0, 0.05) is 5.56 Å². The first kappa shape index (κ1) is 11.2. The van der Waals surface area contributed by atoms with Crippen molar-refractivity contribution in [2.45, 2.75) is 13.3 Å². The van der Waals surface area contributed by atoms with Gasteiger partial charge in [0.15, 0.2) is 12.5 Å². The SMILES string of the molecule is Cc1c([N+](=O)[O-])ncc(C=O)c1C(F)F. The lowest BCUT2D eigenvalue weighted by Crippen LogP contribution is -2.04. The molecule has 1 aromatic rings. The molecule has 1 heterocycles. The van der Waals surface area contributed by atoms with Crippen LogP contribution in [0.5, 0.6) is 0 Å². The number of pyridine rings is 1. The van der Waals surface area contributed by atoms with Crippen LogP contribution >= 0.6 is 0 Å². The van der Waals surface area contributed by atoms with Gasteiger partial charge in [-0.25, -0.2) is 8.78 Å². The van der Waals surface area contributed by atoms with Crippen LogP contribution in [0.3, 0.4) is 0 Å². The molecule has 0 aliphatic heterocycles. The number of nitro groups is 1. The average Bonchev–Trinajstić information content (AvgIpc) is 2.15. The predicted octanol–water partition coefficient (Wildman–Crippen LogP) is 2.05. The number of carbonyl (C=O) groups is 1. The topological polar surface area (TPSA) is 73.1 Å². The first-order valence-electron chi connectivity index (χ1n) is 3.86. The number of hydrogen-bond acceptors (Lipinski definition) is 4. The smallest absolute Gasteiger partial charge is 0.358 e. The number of carbonyl (C=O) groups excluding carboxylic acids is 1. The van der Waals surface area contributed by atoms with Crippen LogP contribution in [0.25, 0.3) is 0 Å². The molecule has 0 aromatic carbocycles. The van der Waals surface area contributed by atoms with Gasteiger partial charge in [-0.2, -0.15) is 0 Å². The molecule has 1 aromatic heterocycles. The van der Waals surface area contributed by atoms with Crippen LogP contribution < -0.4 is 0 Å². The Balaban J connectivity index is 3.49. The summed E-state index contributed by atoms with van der Waals surface area (Å²) in [5, 5.41) is 10.4. The lowest BCUT2D eigenvalue weighted by molar-refractivity contribution is -0.390. The molecular weight excluding hydrogens is 210 g/mol. The highest BCUT2D eigenvalue weighted by atomic mass is 19.3. The third-order valence-corrected chi connectivity index (χ3v) is 1.89. The summed E-state index contributed by atoms with van der Waals surface area (Å²) in [6.45, 7) is 1.14.